The summed E-state index contributed by atoms with van der Waals surface area (Å²) < 4.78 is 13.1. The zero-order valence-electron chi connectivity index (χ0n) is 11.5. The Bertz CT molecular complexity index is 582. The summed E-state index contributed by atoms with van der Waals surface area (Å²) in [5, 5.41) is 3.93. The number of rotatable bonds is 7. The highest BCUT2D eigenvalue weighted by molar-refractivity contribution is 7.99. The average Bonchev–Trinajstić information content (AvgIpc) is 2.81. The van der Waals surface area contributed by atoms with Gasteiger partial charge in [-0.2, -0.15) is 11.8 Å². The molecule has 2 aromatic rings. The minimum Gasteiger partial charge on any atom is -0.361 e. The number of thioether (sulfide) groups is 1. The van der Waals surface area contributed by atoms with E-state index in [1.165, 1.54) is 12.1 Å². The van der Waals surface area contributed by atoms with Crippen LogP contribution >= 0.6 is 11.8 Å². The van der Waals surface area contributed by atoms with Crippen LogP contribution in [-0.2, 0) is 11.2 Å². The minimum atomic E-state index is -0.243. The second-order valence-corrected chi connectivity index (χ2v) is 5.94. The quantitative estimate of drug-likeness (QED) is 0.771. The van der Waals surface area contributed by atoms with Crippen LogP contribution in [0.25, 0.3) is 10.9 Å². The first kappa shape index (κ1) is 14.9. The summed E-state index contributed by atoms with van der Waals surface area (Å²) in [6.07, 6.45) is 3.19. The number of carbonyl (C=O) groups excluding carboxylic acids is 1. The molecule has 0 spiro atoms. The topological polar surface area (TPSA) is 44.9 Å². The number of hydrogen-bond acceptors (Lipinski definition) is 2. The maximum absolute atomic E-state index is 13.1. The molecule has 0 saturated carbocycles. The number of benzene rings is 1. The zero-order valence-corrected chi connectivity index (χ0v) is 12.4. The molecule has 1 aromatic heterocycles. The van der Waals surface area contributed by atoms with Gasteiger partial charge in [0.05, 0.1) is 0 Å². The lowest BCUT2D eigenvalue weighted by Crippen LogP contribution is -2.25. The highest BCUT2D eigenvalue weighted by Crippen LogP contribution is 2.19. The normalized spacial score (nSPS) is 10.9. The van der Waals surface area contributed by atoms with Crippen molar-refractivity contribution < 1.29 is 9.18 Å². The van der Waals surface area contributed by atoms with Crippen LogP contribution in [0, 0.1) is 5.82 Å². The largest absolute Gasteiger partial charge is 0.361 e. The lowest BCUT2D eigenvalue weighted by atomic mass is 10.1. The maximum atomic E-state index is 13.1. The van der Waals surface area contributed by atoms with E-state index in [4.69, 9.17) is 0 Å². The first-order valence-electron chi connectivity index (χ1n) is 6.80. The van der Waals surface area contributed by atoms with Gasteiger partial charge in [-0.15, -0.1) is 0 Å². The fourth-order valence-electron chi connectivity index (χ4n) is 2.10. The van der Waals surface area contributed by atoms with Crippen molar-refractivity contribution in [2.75, 3.05) is 18.1 Å². The lowest BCUT2D eigenvalue weighted by Gasteiger charge is -2.04. The van der Waals surface area contributed by atoms with Crippen LogP contribution in [-0.4, -0.2) is 28.9 Å². The summed E-state index contributed by atoms with van der Waals surface area (Å²) in [5.74, 6) is 1.76. The van der Waals surface area contributed by atoms with E-state index >= 15 is 0 Å². The predicted molar refractivity (Wildman–Crippen MR) is 82.6 cm³/mol. The molecule has 1 amide bonds. The highest BCUT2D eigenvalue weighted by Gasteiger charge is 2.05. The number of nitrogens with one attached hydrogen (secondary N) is 2. The average molecular weight is 294 g/mol. The molecule has 0 unspecified atom stereocenters. The van der Waals surface area contributed by atoms with Crippen LogP contribution in [0.5, 0.6) is 0 Å². The van der Waals surface area contributed by atoms with Gasteiger partial charge in [0.2, 0.25) is 5.91 Å². The molecule has 2 N–H and O–H groups in total. The number of aromatic amines is 1. The summed E-state index contributed by atoms with van der Waals surface area (Å²) in [5.41, 5.74) is 1.90. The van der Waals surface area contributed by atoms with E-state index in [-0.39, 0.29) is 11.7 Å². The van der Waals surface area contributed by atoms with Crippen molar-refractivity contribution >= 4 is 28.6 Å². The van der Waals surface area contributed by atoms with Crippen LogP contribution < -0.4 is 5.32 Å². The molecule has 108 valence electrons. The molecule has 2 rings (SSSR count). The molecule has 1 heterocycles. The van der Waals surface area contributed by atoms with Gasteiger partial charge in [0.15, 0.2) is 0 Å². The Hall–Kier alpha value is -1.49. The summed E-state index contributed by atoms with van der Waals surface area (Å²) in [6, 6.07) is 4.72. The standard InChI is InChI=1S/C15H19FN2OS/c1-2-20-8-6-15(19)17-7-5-11-10-18-14-9-12(16)3-4-13(11)14/h3-4,9-10,18H,2,5-8H2,1H3,(H,17,19). The Kier molecular flexibility index (Phi) is 5.47. The van der Waals surface area contributed by atoms with E-state index in [0.29, 0.717) is 13.0 Å². The lowest BCUT2D eigenvalue weighted by molar-refractivity contribution is -0.120. The third kappa shape index (κ3) is 4.00. The Morgan fingerprint density at radius 1 is 1.45 bits per heavy atom. The molecule has 0 saturated heterocycles. The molecule has 0 atom stereocenters. The van der Waals surface area contributed by atoms with Gasteiger partial charge in [0.1, 0.15) is 5.82 Å². The summed E-state index contributed by atoms with van der Waals surface area (Å²) in [6.45, 7) is 2.70. The van der Waals surface area contributed by atoms with Crippen molar-refractivity contribution in [2.24, 2.45) is 0 Å². The second kappa shape index (κ2) is 7.33. The third-order valence-electron chi connectivity index (χ3n) is 3.12. The number of carbonyl (C=O) groups is 1. The zero-order chi connectivity index (χ0) is 14.4. The van der Waals surface area contributed by atoms with E-state index in [1.807, 2.05) is 6.20 Å². The smallest absolute Gasteiger partial charge is 0.220 e. The molecule has 0 aliphatic rings. The summed E-state index contributed by atoms with van der Waals surface area (Å²) >= 11 is 1.77. The Balaban J connectivity index is 1.82. The van der Waals surface area contributed by atoms with Gasteiger partial charge in [0.25, 0.3) is 0 Å². The Morgan fingerprint density at radius 3 is 3.10 bits per heavy atom. The van der Waals surface area contributed by atoms with E-state index in [2.05, 4.69) is 17.2 Å². The summed E-state index contributed by atoms with van der Waals surface area (Å²) in [4.78, 5) is 14.6. The van der Waals surface area contributed by atoms with Gasteiger partial charge in [0, 0.05) is 35.8 Å². The monoisotopic (exact) mass is 294 g/mol. The van der Waals surface area contributed by atoms with Crippen molar-refractivity contribution in [1.82, 2.24) is 10.3 Å². The van der Waals surface area contributed by atoms with Crippen LogP contribution in [0.3, 0.4) is 0 Å². The van der Waals surface area contributed by atoms with Crippen molar-refractivity contribution in [3.63, 3.8) is 0 Å². The number of H-pyrrole nitrogens is 1. The fraction of sp³-hybridized carbons (Fsp3) is 0.400. The molecule has 1 aromatic carbocycles. The maximum Gasteiger partial charge on any atom is 0.220 e. The Morgan fingerprint density at radius 2 is 2.30 bits per heavy atom. The van der Waals surface area contributed by atoms with Crippen molar-refractivity contribution in [2.45, 2.75) is 19.8 Å². The molecule has 20 heavy (non-hydrogen) atoms. The third-order valence-corrected chi connectivity index (χ3v) is 4.02. The van der Waals surface area contributed by atoms with Gasteiger partial charge in [-0.3, -0.25) is 4.79 Å². The van der Waals surface area contributed by atoms with E-state index in [1.54, 1.807) is 17.8 Å². The van der Waals surface area contributed by atoms with E-state index in [9.17, 15) is 9.18 Å². The molecule has 5 heteroatoms. The SMILES string of the molecule is CCSCCC(=O)NCCc1c[nH]c2cc(F)ccc12. The molecule has 0 aliphatic carbocycles. The van der Waals surface area contributed by atoms with Crippen LogP contribution in [0.4, 0.5) is 4.39 Å². The van der Waals surface area contributed by atoms with Crippen LogP contribution in [0.1, 0.15) is 18.9 Å². The van der Waals surface area contributed by atoms with Gasteiger partial charge in [-0.05, 0) is 35.9 Å². The van der Waals surface area contributed by atoms with Gasteiger partial charge in [-0.1, -0.05) is 6.92 Å². The molecule has 0 bridgehead atoms. The van der Waals surface area contributed by atoms with Crippen molar-refractivity contribution in [3.8, 4) is 0 Å². The Labute approximate surface area is 122 Å². The first-order valence-corrected chi connectivity index (χ1v) is 7.96. The highest BCUT2D eigenvalue weighted by atomic mass is 32.2. The van der Waals surface area contributed by atoms with Crippen LogP contribution in [0.15, 0.2) is 24.4 Å². The molecule has 0 radical (unpaired) electrons. The van der Waals surface area contributed by atoms with Crippen molar-refractivity contribution in [1.29, 1.82) is 0 Å². The van der Waals surface area contributed by atoms with Gasteiger partial charge >= 0.3 is 0 Å². The molecule has 0 fully saturated rings. The van der Waals surface area contributed by atoms with E-state index < -0.39 is 0 Å². The number of amides is 1. The molecular weight excluding hydrogens is 275 g/mol. The minimum absolute atomic E-state index is 0.0943. The number of hydrogen-bond donors (Lipinski definition) is 2. The number of fused-ring (bicyclic) bond motifs is 1. The van der Waals surface area contributed by atoms with Crippen LogP contribution in [0.2, 0.25) is 0 Å². The van der Waals surface area contributed by atoms with Crippen molar-refractivity contribution in [3.05, 3.63) is 35.8 Å². The number of halogens is 1. The van der Waals surface area contributed by atoms with E-state index in [0.717, 1.165) is 34.4 Å². The van der Waals surface area contributed by atoms with Gasteiger partial charge in [-0.25, -0.2) is 4.39 Å². The van der Waals surface area contributed by atoms with Gasteiger partial charge < -0.3 is 10.3 Å². The summed E-state index contributed by atoms with van der Waals surface area (Å²) in [7, 11) is 0. The molecule has 0 aliphatic heterocycles. The fourth-order valence-corrected chi connectivity index (χ4v) is 2.72. The first-order chi connectivity index (χ1) is 9.70. The molecular formula is C15H19FN2OS. The second-order valence-electron chi connectivity index (χ2n) is 4.55. The predicted octanol–water partition coefficient (Wildman–Crippen LogP) is 3.11. The molecule has 3 nitrogen and oxygen atoms in total. The number of aromatic nitrogens is 1.